The van der Waals surface area contributed by atoms with E-state index in [4.69, 9.17) is 0 Å². The lowest BCUT2D eigenvalue weighted by Crippen LogP contribution is -2.26. The van der Waals surface area contributed by atoms with E-state index in [1.807, 2.05) is 6.20 Å². The number of rotatable bonds is 7. The van der Waals surface area contributed by atoms with Crippen LogP contribution >= 0.6 is 0 Å². The number of hydrogen-bond acceptors (Lipinski definition) is 2. The van der Waals surface area contributed by atoms with E-state index in [-0.39, 0.29) is 0 Å². The predicted molar refractivity (Wildman–Crippen MR) is 77.8 cm³/mol. The van der Waals surface area contributed by atoms with Crippen molar-refractivity contribution in [2.75, 3.05) is 13.1 Å². The molecule has 2 aromatic rings. The van der Waals surface area contributed by atoms with Gasteiger partial charge in [-0.1, -0.05) is 26.0 Å². The number of aromatic nitrogens is 1. The minimum atomic E-state index is 0.582. The summed E-state index contributed by atoms with van der Waals surface area (Å²) in [6.45, 7) is 7.44. The quantitative estimate of drug-likeness (QED) is 0.656. The Balaban J connectivity index is 1.75. The van der Waals surface area contributed by atoms with E-state index in [2.05, 4.69) is 53.7 Å². The van der Waals surface area contributed by atoms with Gasteiger partial charge in [-0.15, -0.1) is 0 Å². The first kappa shape index (κ1) is 13.1. The molecule has 2 rings (SSSR count). The largest absolute Gasteiger partial charge is 0.361 e. The highest BCUT2D eigenvalue weighted by Crippen LogP contribution is 2.16. The second kappa shape index (κ2) is 6.57. The molecular weight excluding hydrogens is 222 g/mol. The minimum absolute atomic E-state index is 0.582. The average molecular weight is 245 g/mol. The smallest absolute Gasteiger partial charge is 0.0457 e. The van der Waals surface area contributed by atoms with E-state index in [0.717, 1.165) is 19.6 Å². The highest BCUT2D eigenvalue weighted by molar-refractivity contribution is 5.82. The van der Waals surface area contributed by atoms with Crippen molar-refractivity contribution >= 4 is 10.9 Å². The van der Waals surface area contributed by atoms with Crippen molar-refractivity contribution in [2.45, 2.75) is 32.9 Å². The third kappa shape index (κ3) is 3.59. The maximum absolute atomic E-state index is 3.50. The van der Waals surface area contributed by atoms with Crippen LogP contribution in [-0.2, 0) is 6.54 Å². The van der Waals surface area contributed by atoms with E-state index >= 15 is 0 Å². The van der Waals surface area contributed by atoms with Crippen LogP contribution in [0.15, 0.2) is 30.5 Å². The fraction of sp³-hybridized carbons (Fsp3) is 0.467. The van der Waals surface area contributed by atoms with Gasteiger partial charge in [0.15, 0.2) is 0 Å². The molecule has 0 aliphatic carbocycles. The molecule has 0 amide bonds. The van der Waals surface area contributed by atoms with Crippen LogP contribution in [-0.4, -0.2) is 24.1 Å². The number of benzene rings is 1. The molecule has 98 valence electrons. The van der Waals surface area contributed by atoms with Crippen molar-refractivity contribution in [1.29, 1.82) is 0 Å². The van der Waals surface area contributed by atoms with Crippen LogP contribution in [0.5, 0.6) is 0 Å². The van der Waals surface area contributed by atoms with Gasteiger partial charge >= 0.3 is 0 Å². The molecule has 0 radical (unpaired) electrons. The molecule has 0 spiro atoms. The molecule has 3 heteroatoms. The summed E-state index contributed by atoms with van der Waals surface area (Å²) in [4.78, 5) is 3.25. The lowest BCUT2D eigenvalue weighted by molar-refractivity contribution is 0.548. The second-order valence-electron chi connectivity index (χ2n) is 5.00. The summed E-state index contributed by atoms with van der Waals surface area (Å²) in [7, 11) is 0. The molecular formula is C15H23N3. The normalized spacial score (nSPS) is 11.5. The van der Waals surface area contributed by atoms with Crippen LogP contribution in [0, 0.1) is 0 Å². The Labute approximate surface area is 109 Å². The van der Waals surface area contributed by atoms with Gasteiger partial charge in [-0.25, -0.2) is 0 Å². The predicted octanol–water partition coefficient (Wildman–Crippen LogP) is 2.65. The molecule has 18 heavy (non-hydrogen) atoms. The Morgan fingerprint density at radius 2 is 2.06 bits per heavy atom. The summed E-state index contributed by atoms with van der Waals surface area (Å²) >= 11 is 0. The van der Waals surface area contributed by atoms with Crippen LogP contribution in [0.1, 0.15) is 25.8 Å². The first-order chi connectivity index (χ1) is 8.77. The van der Waals surface area contributed by atoms with Crippen molar-refractivity contribution in [1.82, 2.24) is 15.6 Å². The fourth-order valence-electron chi connectivity index (χ4n) is 2.13. The summed E-state index contributed by atoms with van der Waals surface area (Å²) in [5.74, 6) is 0. The van der Waals surface area contributed by atoms with Gasteiger partial charge in [0.1, 0.15) is 0 Å². The fourth-order valence-corrected chi connectivity index (χ4v) is 2.13. The lowest BCUT2D eigenvalue weighted by Gasteiger charge is -2.09. The van der Waals surface area contributed by atoms with Gasteiger partial charge < -0.3 is 15.6 Å². The molecule has 0 saturated heterocycles. The van der Waals surface area contributed by atoms with Gasteiger partial charge in [0.25, 0.3) is 0 Å². The van der Waals surface area contributed by atoms with Crippen molar-refractivity contribution in [3.8, 4) is 0 Å². The molecule has 3 N–H and O–H groups in total. The molecule has 0 atom stereocenters. The third-order valence-corrected chi connectivity index (χ3v) is 3.08. The highest BCUT2D eigenvalue weighted by atomic mass is 14.9. The van der Waals surface area contributed by atoms with E-state index < -0.39 is 0 Å². The molecule has 0 aliphatic heterocycles. The summed E-state index contributed by atoms with van der Waals surface area (Å²) in [5.41, 5.74) is 2.58. The Kier molecular flexibility index (Phi) is 4.79. The Hall–Kier alpha value is -1.32. The van der Waals surface area contributed by atoms with Gasteiger partial charge in [0.05, 0.1) is 0 Å². The van der Waals surface area contributed by atoms with Gasteiger partial charge in [-0.2, -0.15) is 0 Å². The number of nitrogens with one attached hydrogen (secondary N) is 3. The van der Waals surface area contributed by atoms with E-state index in [0.29, 0.717) is 6.04 Å². The van der Waals surface area contributed by atoms with Crippen LogP contribution < -0.4 is 10.6 Å². The molecule has 0 aliphatic rings. The molecule has 0 bridgehead atoms. The minimum Gasteiger partial charge on any atom is -0.361 e. The Bertz CT molecular complexity index is 473. The molecule has 1 aromatic heterocycles. The molecule has 0 saturated carbocycles. The van der Waals surface area contributed by atoms with Crippen LogP contribution in [0.3, 0.4) is 0 Å². The van der Waals surface area contributed by atoms with E-state index in [1.54, 1.807) is 0 Å². The van der Waals surface area contributed by atoms with Crippen LogP contribution in [0.2, 0.25) is 0 Å². The monoisotopic (exact) mass is 245 g/mol. The number of hydrogen-bond donors (Lipinski definition) is 3. The number of fused-ring (bicyclic) bond motifs is 1. The van der Waals surface area contributed by atoms with Gasteiger partial charge in [0, 0.05) is 29.7 Å². The van der Waals surface area contributed by atoms with Crippen molar-refractivity contribution in [3.05, 3.63) is 36.0 Å². The lowest BCUT2D eigenvalue weighted by atomic mass is 10.1. The number of H-pyrrole nitrogens is 1. The molecule has 1 aromatic carbocycles. The molecule has 3 nitrogen and oxygen atoms in total. The van der Waals surface area contributed by atoms with Gasteiger partial charge in [0.2, 0.25) is 0 Å². The van der Waals surface area contributed by atoms with E-state index in [1.165, 1.54) is 22.9 Å². The standard InChI is InChI=1S/C15H23N3/c1-12(2)17-9-4-8-16-11-13-5-3-6-15-14(13)7-10-18-15/h3,5-7,10,12,16-18H,4,8-9,11H2,1-2H3. The van der Waals surface area contributed by atoms with Crippen molar-refractivity contribution in [3.63, 3.8) is 0 Å². The summed E-state index contributed by atoms with van der Waals surface area (Å²) < 4.78 is 0. The first-order valence-corrected chi connectivity index (χ1v) is 6.76. The van der Waals surface area contributed by atoms with Gasteiger partial charge in [-0.3, -0.25) is 0 Å². The molecule has 0 unspecified atom stereocenters. The van der Waals surface area contributed by atoms with Crippen LogP contribution in [0.25, 0.3) is 10.9 Å². The summed E-state index contributed by atoms with van der Waals surface area (Å²) in [5, 5.41) is 8.25. The third-order valence-electron chi connectivity index (χ3n) is 3.08. The maximum atomic E-state index is 3.50. The second-order valence-corrected chi connectivity index (χ2v) is 5.00. The maximum Gasteiger partial charge on any atom is 0.0457 e. The van der Waals surface area contributed by atoms with Crippen molar-refractivity contribution in [2.24, 2.45) is 0 Å². The summed E-state index contributed by atoms with van der Waals surface area (Å²) in [6.07, 6.45) is 3.17. The summed E-state index contributed by atoms with van der Waals surface area (Å²) in [6, 6.07) is 9.14. The van der Waals surface area contributed by atoms with Crippen molar-refractivity contribution < 1.29 is 0 Å². The number of aromatic amines is 1. The molecule has 0 fully saturated rings. The Morgan fingerprint density at radius 3 is 2.89 bits per heavy atom. The topological polar surface area (TPSA) is 39.8 Å². The molecule has 1 heterocycles. The zero-order chi connectivity index (χ0) is 12.8. The van der Waals surface area contributed by atoms with E-state index in [9.17, 15) is 0 Å². The highest BCUT2D eigenvalue weighted by Gasteiger charge is 2.00. The van der Waals surface area contributed by atoms with Gasteiger partial charge in [-0.05, 0) is 37.2 Å². The zero-order valence-corrected chi connectivity index (χ0v) is 11.3. The first-order valence-electron chi connectivity index (χ1n) is 6.76. The van der Waals surface area contributed by atoms with Crippen LogP contribution in [0.4, 0.5) is 0 Å². The average Bonchev–Trinajstić information content (AvgIpc) is 2.82. The Morgan fingerprint density at radius 1 is 1.17 bits per heavy atom. The zero-order valence-electron chi connectivity index (χ0n) is 11.3. The SMILES string of the molecule is CC(C)NCCCNCc1cccc2[nH]ccc12.